The molecule has 0 bridgehead atoms. The van der Waals surface area contributed by atoms with Crippen molar-refractivity contribution in [3.8, 4) is 0 Å². The lowest BCUT2D eigenvalue weighted by Gasteiger charge is -2.11. The number of rotatable bonds is 4. The van der Waals surface area contributed by atoms with Crippen LogP contribution in [0.2, 0.25) is 0 Å². The fourth-order valence-electron chi connectivity index (χ4n) is 1.25. The summed E-state index contributed by atoms with van der Waals surface area (Å²) in [5, 5.41) is 10.4. The molecule has 4 nitrogen and oxygen atoms in total. The van der Waals surface area contributed by atoms with E-state index in [9.17, 15) is 23.3 Å². The fourth-order valence-corrected chi connectivity index (χ4v) is 1.25. The fraction of sp³-hybridized carbons (Fsp3) is 0.333. The molecule has 0 saturated heterocycles. The average Bonchev–Trinajstić information content (AvgIpc) is 2.16. The lowest BCUT2D eigenvalue weighted by molar-refractivity contribution is -0.385. The smallest absolute Gasteiger partial charge is 0.269 e. The van der Waals surface area contributed by atoms with Crippen molar-refractivity contribution < 1.29 is 18.1 Å². The molecule has 0 saturated carbocycles. The molecule has 8 heteroatoms. The van der Waals surface area contributed by atoms with Crippen molar-refractivity contribution in [3.05, 3.63) is 39.7 Å². The first-order valence-electron chi connectivity index (χ1n) is 4.39. The maximum atomic E-state index is 13.2. The van der Waals surface area contributed by atoms with Crippen molar-refractivity contribution in [2.24, 2.45) is 5.73 Å². The van der Waals surface area contributed by atoms with Crippen LogP contribution in [0.25, 0.3) is 0 Å². The third kappa shape index (κ3) is 4.20. The van der Waals surface area contributed by atoms with E-state index in [1.54, 1.807) is 0 Å². The quantitative estimate of drug-likeness (QED) is 0.675. The molecular formula is C9H10ClF3N2O2. The van der Waals surface area contributed by atoms with Gasteiger partial charge in [-0.25, -0.2) is 13.2 Å². The summed E-state index contributed by atoms with van der Waals surface area (Å²) in [4.78, 5) is 9.67. The normalized spacial score (nSPS) is 12.1. The molecule has 0 fully saturated rings. The van der Waals surface area contributed by atoms with Crippen LogP contribution in [0, 0.1) is 15.9 Å². The number of nitro groups is 1. The lowest BCUT2D eigenvalue weighted by Crippen LogP contribution is -2.15. The van der Waals surface area contributed by atoms with Crippen LogP contribution in [0.3, 0.4) is 0 Å². The van der Waals surface area contributed by atoms with Crippen LogP contribution in [0.15, 0.2) is 18.2 Å². The Bertz CT molecular complexity index is 404. The van der Waals surface area contributed by atoms with E-state index in [2.05, 4.69) is 0 Å². The summed E-state index contributed by atoms with van der Waals surface area (Å²) in [7, 11) is 0. The highest BCUT2D eigenvalue weighted by Gasteiger charge is 2.19. The minimum atomic E-state index is -2.69. The van der Waals surface area contributed by atoms with Gasteiger partial charge in [0, 0.05) is 30.2 Å². The van der Waals surface area contributed by atoms with Crippen molar-refractivity contribution >= 4 is 18.1 Å². The first-order chi connectivity index (χ1) is 7.41. The van der Waals surface area contributed by atoms with Crippen LogP contribution in [0.5, 0.6) is 0 Å². The van der Waals surface area contributed by atoms with Crippen molar-refractivity contribution in [2.75, 3.05) is 0 Å². The number of nitro benzene ring substituents is 1. The Balaban J connectivity index is 0.00000256. The van der Waals surface area contributed by atoms with Crippen molar-refractivity contribution in [3.63, 3.8) is 0 Å². The zero-order chi connectivity index (χ0) is 12.3. The van der Waals surface area contributed by atoms with Crippen molar-refractivity contribution in [1.29, 1.82) is 0 Å². The molecule has 0 heterocycles. The molecule has 96 valence electrons. The topological polar surface area (TPSA) is 69.2 Å². The Labute approximate surface area is 101 Å². The van der Waals surface area contributed by atoms with Gasteiger partial charge in [0.05, 0.1) is 4.92 Å². The predicted molar refractivity (Wildman–Crippen MR) is 57.9 cm³/mol. The summed E-state index contributed by atoms with van der Waals surface area (Å²) in [5.41, 5.74) is 4.68. The molecule has 0 aliphatic carbocycles. The molecule has 17 heavy (non-hydrogen) atoms. The summed E-state index contributed by atoms with van der Waals surface area (Å²) in [6, 6.07) is 1.43. The Kier molecular flexibility index (Phi) is 5.90. The van der Waals surface area contributed by atoms with E-state index in [0.717, 1.165) is 18.2 Å². The number of hydrogen-bond acceptors (Lipinski definition) is 3. The van der Waals surface area contributed by atoms with Gasteiger partial charge in [-0.1, -0.05) is 0 Å². The van der Waals surface area contributed by atoms with Crippen LogP contribution in [-0.2, 0) is 0 Å². The maximum absolute atomic E-state index is 13.2. The van der Waals surface area contributed by atoms with Gasteiger partial charge in [0.25, 0.3) is 5.69 Å². The zero-order valence-electron chi connectivity index (χ0n) is 8.48. The highest BCUT2D eigenvalue weighted by molar-refractivity contribution is 5.85. The van der Waals surface area contributed by atoms with Gasteiger partial charge in [0.1, 0.15) is 5.82 Å². The van der Waals surface area contributed by atoms with Crippen LogP contribution in [0.1, 0.15) is 18.0 Å². The average molecular weight is 271 g/mol. The van der Waals surface area contributed by atoms with Crippen LogP contribution in [-0.4, -0.2) is 11.3 Å². The highest BCUT2D eigenvalue weighted by atomic mass is 35.5. The molecule has 0 amide bonds. The minimum Gasteiger partial charge on any atom is -0.324 e. The van der Waals surface area contributed by atoms with Gasteiger partial charge in [-0.3, -0.25) is 10.1 Å². The third-order valence-electron chi connectivity index (χ3n) is 2.02. The number of nitrogens with two attached hydrogens (primary N) is 1. The SMILES string of the molecule is Cl.N[C@@H](CC(F)F)c1cc([N+](=O)[O-])ccc1F. The Morgan fingerprint density at radius 3 is 2.47 bits per heavy atom. The van der Waals surface area contributed by atoms with E-state index >= 15 is 0 Å². The Hall–Kier alpha value is -1.34. The Morgan fingerprint density at radius 2 is 2.00 bits per heavy atom. The summed E-state index contributed by atoms with van der Waals surface area (Å²) in [6.45, 7) is 0. The molecule has 0 radical (unpaired) electrons. The summed E-state index contributed by atoms with van der Waals surface area (Å²) < 4.78 is 37.2. The standard InChI is InChI=1S/C9H9F3N2O2.ClH/c10-7-2-1-5(14(15)16)3-6(7)8(13)4-9(11)12;/h1-3,8-9H,4,13H2;1H/t8-;/m0./s1. The molecule has 0 spiro atoms. The molecule has 2 N–H and O–H groups in total. The number of non-ortho nitro benzene ring substituents is 1. The van der Waals surface area contributed by atoms with Gasteiger partial charge in [-0.2, -0.15) is 0 Å². The van der Waals surface area contributed by atoms with Gasteiger partial charge in [0.2, 0.25) is 6.43 Å². The van der Waals surface area contributed by atoms with E-state index < -0.39 is 29.6 Å². The molecule has 0 aliphatic rings. The van der Waals surface area contributed by atoms with Crippen LogP contribution >= 0.6 is 12.4 Å². The van der Waals surface area contributed by atoms with Gasteiger partial charge in [0.15, 0.2) is 0 Å². The number of alkyl halides is 2. The molecule has 0 aromatic heterocycles. The first kappa shape index (κ1) is 15.7. The molecule has 1 aromatic rings. The largest absolute Gasteiger partial charge is 0.324 e. The molecule has 1 atom stereocenters. The molecule has 1 rings (SSSR count). The monoisotopic (exact) mass is 270 g/mol. The summed E-state index contributed by atoms with van der Waals surface area (Å²) in [6.07, 6.45) is -3.42. The van der Waals surface area contributed by atoms with Crippen molar-refractivity contribution in [1.82, 2.24) is 0 Å². The van der Waals surface area contributed by atoms with E-state index in [1.165, 1.54) is 0 Å². The second-order valence-corrected chi connectivity index (χ2v) is 3.20. The predicted octanol–water partition coefficient (Wildman–Crippen LogP) is 2.81. The van der Waals surface area contributed by atoms with Gasteiger partial charge in [-0.05, 0) is 6.07 Å². The number of halogens is 4. The number of hydrogen-bond donors (Lipinski definition) is 1. The Morgan fingerprint density at radius 1 is 1.41 bits per heavy atom. The number of benzene rings is 1. The van der Waals surface area contributed by atoms with E-state index in [0.29, 0.717) is 0 Å². The molecule has 1 aromatic carbocycles. The third-order valence-corrected chi connectivity index (χ3v) is 2.02. The molecular weight excluding hydrogens is 261 g/mol. The second-order valence-electron chi connectivity index (χ2n) is 3.20. The lowest BCUT2D eigenvalue weighted by atomic mass is 10.0. The zero-order valence-corrected chi connectivity index (χ0v) is 9.29. The molecule has 0 unspecified atom stereocenters. The van der Waals surface area contributed by atoms with E-state index in [4.69, 9.17) is 5.73 Å². The van der Waals surface area contributed by atoms with Gasteiger partial charge >= 0.3 is 0 Å². The van der Waals surface area contributed by atoms with Crippen molar-refractivity contribution in [2.45, 2.75) is 18.9 Å². The van der Waals surface area contributed by atoms with Gasteiger partial charge < -0.3 is 5.73 Å². The molecule has 0 aliphatic heterocycles. The van der Waals surface area contributed by atoms with E-state index in [-0.39, 0.29) is 23.7 Å². The summed E-state index contributed by atoms with van der Waals surface area (Å²) >= 11 is 0. The number of nitrogens with zero attached hydrogens (tertiary/aromatic N) is 1. The maximum Gasteiger partial charge on any atom is 0.269 e. The van der Waals surface area contributed by atoms with Gasteiger partial charge in [-0.15, -0.1) is 12.4 Å². The van der Waals surface area contributed by atoms with E-state index in [1.807, 2.05) is 0 Å². The second kappa shape index (κ2) is 6.41. The van der Waals surface area contributed by atoms with Crippen LogP contribution < -0.4 is 5.73 Å². The minimum absolute atomic E-state index is 0. The summed E-state index contributed by atoms with van der Waals surface area (Å²) in [5.74, 6) is -0.821. The van der Waals surface area contributed by atoms with Crippen LogP contribution in [0.4, 0.5) is 18.9 Å². The first-order valence-corrected chi connectivity index (χ1v) is 4.39. The highest BCUT2D eigenvalue weighted by Crippen LogP contribution is 2.24.